The summed E-state index contributed by atoms with van der Waals surface area (Å²) in [5, 5.41) is 0. The van der Waals surface area contributed by atoms with Gasteiger partial charge in [-0.1, -0.05) is 27.2 Å². The zero-order valence-corrected chi connectivity index (χ0v) is 10.7. The van der Waals surface area contributed by atoms with Crippen molar-refractivity contribution >= 4 is 0 Å². The molecule has 1 aliphatic heterocycles. The van der Waals surface area contributed by atoms with Gasteiger partial charge in [0.25, 0.3) is 0 Å². The molecule has 1 rings (SSSR count). The van der Waals surface area contributed by atoms with Crippen molar-refractivity contribution < 1.29 is 0 Å². The van der Waals surface area contributed by atoms with Gasteiger partial charge in [-0.05, 0) is 44.2 Å². The van der Waals surface area contributed by atoms with E-state index in [1.807, 2.05) is 0 Å². The summed E-state index contributed by atoms with van der Waals surface area (Å²) in [6, 6.07) is 0.598. The molecule has 0 aromatic carbocycles. The lowest BCUT2D eigenvalue weighted by Gasteiger charge is -2.32. The Labute approximate surface area is 95.2 Å². The minimum Gasteiger partial charge on any atom is -0.329 e. The predicted octanol–water partition coefficient (Wildman–Crippen LogP) is 2.48. The first-order valence-corrected chi connectivity index (χ1v) is 6.63. The SMILES string of the molecule is CCC1CCCN(C(CN)C(C)C)CC1. The van der Waals surface area contributed by atoms with Crippen molar-refractivity contribution in [2.45, 2.75) is 52.5 Å². The normalized spacial score (nSPS) is 26.6. The van der Waals surface area contributed by atoms with Crippen LogP contribution < -0.4 is 5.73 Å². The Morgan fingerprint density at radius 3 is 2.53 bits per heavy atom. The Morgan fingerprint density at radius 1 is 1.27 bits per heavy atom. The molecule has 90 valence electrons. The monoisotopic (exact) mass is 212 g/mol. The van der Waals surface area contributed by atoms with Crippen LogP contribution >= 0.6 is 0 Å². The highest BCUT2D eigenvalue weighted by Gasteiger charge is 2.23. The number of hydrogen-bond donors (Lipinski definition) is 1. The smallest absolute Gasteiger partial charge is 0.0241 e. The van der Waals surface area contributed by atoms with Crippen LogP contribution in [-0.2, 0) is 0 Å². The van der Waals surface area contributed by atoms with Crippen LogP contribution in [0.3, 0.4) is 0 Å². The highest BCUT2D eigenvalue weighted by atomic mass is 15.2. The molecule has 2 heteroatoms. The largest absolute Gasteiger partial charge is 0.329 e. The van der Waals surface area contributed by atoms with Crippen LogP contribution in [0.5, 0.6) is 0 Å². The summed E-state index contributed by atoms with van der Waals surface area (Å²) in [4.78, 5) is 2.63. The maximum absolute atomic E-state index is 5.88. The molecule has 1 saturated heterocycles. The first kappa shape index (κ1) is 13.0. The van der Waals surface area contributed by atoms with Crippen LogP contribution in [0.4, 0.5) is 0 Å². The Kier molecular flexibility index (Phi) is 5.62. The van der Waals surface area contributed by atoms with E-state index >= 15 is 0 Å². The molecular formula is C13H28N2. The van der Waals surface area contributed by atoms with Crippen LogP contribution in [-0.4, -0.2) is 30.6 Å². The van der Waals surface area contributed by atoms with Crippen molar-refractivity contribution in [2.24, 2.45) is 17.6 Å². The van der Waals surface area contributed by atoms with Crippen molar-refractivity contribution in [3.8, 4) is 0 Å². The zero-order valence-electron chi connectivity index (χ0n) is 10.7. The second kappa shape index (κ2) is 6.49. The lowest BCUT2D eigenvalue weighted by Crippen LogP contribution is -2.44. The molecule has 2 unspecified atom stereocenters. The molecule has 2 nitrogen and oxygen atoms in total. The average molecular weight is 212 g/mol. The predicted molar refractivity (Wildman–Crippen MR) is 66.9 cm³/mol. The second-order valence-electron chi connectivity index (χ2n) is 5.29. The summed E-state index contributed by atoms with van der Waals surface area (Å²) in [5.41, 5.74) is 5.88. The summed E-state index contributed by atoms with van der Waals surface area (Å²) in [6.45, 7) is 10.2. The Balaban J connectivity index is 2.48. The van der Waals surface area contributed by atoms with E-state index in [-0.39, 0.29) is 0 Å². The number of nitrogens with two attached hydrogens (primary N) is 1. The summed E-state index contributed by atoms with van der Waals surface area (Å²) in [6.07, 6.45) is 5.51. The topological polar surface area (TPSA) is 29.3 Å². The van der Waals surface area contributed by atoms with Gasteiger partial charge in [-0.2, -0.15) is 0 Å². The molecule has 0 bridgehead atoms. The maximum Gasteiger partial charge on any atom is 0.0241 e. The van der Waals surface area contributed by atoms with E-state index < -0.39 is 0 Å². The molecular weight excluding hydrogens is 184 g/mol. The average Bonchev–Trinajstić information content (AvgIpc) is 2.44. The fourth-order valence-corrected chi connectivity index (χ4v) is 2.77. The molecule has 2 N–H and O–H groups in total. The molecule has 1 fully saturated rings. The minimum atomic E-state index is 0.598. The van der Waals surface area contributed by atoms with Crippen molar-refractivity contribution in [1.29, 1.82) is 0 Å². The van der Waals surface area contributed by atoms with Gasteiger partial charge in [-0.3, -0.25) is 4.90 Å². The van der Waals surface area contributed by atoms with Crippen molar-refractivity contribution in [1.82, 2.24) is 4.90 Å². The van der Waals surface area contributed by atoms with E-state index in [2.05, 4.69) is 25.7 Å². The van der Waals surface area contributed by atoms with Crippen LogP contribution in [0.1, 0.15) is 46.5 Å². The van der Waals surface area contributed by atoms with Crippen molar-refractivity contribution in [3.63, 3.8) is 0 Å². The number of hydrogen-bond acceptors (Lipinski definition) is 2. The number of nitrogens with zero attached hydrogens (tertiary/aromatic N) is 1. The summed E-state index contributed by atoms with van der Waals surface area (Å²) in [7, 11) is 0. The third-order valence-electron chi connectivity index (χ3n) is 3.94. The highest BCUT2D eigenvalue weighted by Crippen LogP contribution is 2.22. The molecule has 0 spiro atoms. The lowest BCUT2D eigenvalue weighted by atomic mass is 9.98. The van der Waals surface area contributed by atoms with Gasteiger partial charge in [0.1, 0.15) is 0 Å². The molecule has 0 aromatic heterocycles. The number of rotatable bonds is 4. The van der Waals surface area contributed by atoms with Crippen molar-refractivity contribution in [2.75, 3.05) is 19.6 Å². The Morgan fingerprint density at radius 2 is 2.00 bits per heavy atom. The molecule has 0 saturated carbocycles. The van der Waals surface area contributed by atoms with Crippen LogP contribution in [0.2, 0.25) is 0 Å². The minimum absolute atomic E-state index is 0.598. The summed E-state index contributed by atoms with van der Waals surface area (Å²) >= 11 is 0. The maximum atomic E-state index is 5.88. The van der Waals surface area contributed by atoms with Gasteiger partial charge in [0, 0.05) is 12.6 Å². The zero-order chi connectivity index (χ0) is 11.3. The first-order chi connectivity index (χ1) is 7.19. The molecule has 0 radical (unpaired) electrons. The van der Waals surface area contributed by atoms with E-state index in [0.29, 0.717) is 12.0 Å². The molecule has 1 aliphatic rings. The van der Waals surface area contributed by atoms with Crippen LogP contribution in [0, 0.1) is 11.8 Å². The van der Waals surface area contributed by atoms with Gasteiger partial charge in [0.15, 0.2) is 0 Å². The second-order valence-corrected chi connectivity index (χ2v) is 5.29. The van der Waals surface area contributed by atoms with E-state index in [9.17, 15) is 0 Å². The van der Waals surface area contributed by atoms with E-state index in [0.717, 1.165) is 12.5 Å². The van der Waals surface area contributed by atoms with E-state index in [4.69, 9.17) is 5.73 Å². The van der Waals surface area contributed by atoms with E-state index in [1.54, 1.807) is 0 Å². The molecule has 0 aromatic rings. The summed E-state index contributed by atoms with van der Waals surface area (Å²) in [5.74, 6) is 1.65. The molecule has 1 heterocycles. The van der Waals surface area contributed by atoms with Gasteiger partial charge in [0.05, 0.1) is 0 Å². The number of likely N-dealkylation sites (tertiary alicyclic amines) is 1. The third-order valence-corrected chi connectivity index (χ3v) is 3.94. The van der Waals surface area contributed by atoms with Crippen LogP contribution in [0.25, 0.3) is 0 Å². The Bertz CT molecular complexity index is 168. The van der Waals surface area contributed by atoms with Crippen LogP contribution in [0.15, 0.2) is 0 Å². The quantitative estimate of drug-likeness (QED) is 0.776. The van der Waals surface area contributed by atoms with Crippen molar-refractivity contribution in [3.05, 3.63) is 0 Å². The van der Waals surface area contributed by atoms with Gasteiger partial charge in [0.2, 0.25) is 0 Å². The van der Waals surface area contributed by atoms with Gasteiger partial charge in [-0.25, -0.2) is 0 Å². The van der Waals surface area contributed by atoms with Gasteiger partial charge in [-0.15, -0.1) is 0 Å². The fraction of sp³-hybridized carbons (Fsp3) is 1.00. The highest BCUT2D eigenvalue weighted by molar-refractivity contribution is 4.79. The Hall–Kier alpha value is -0.0800. The van der Waals surface area contributed by atoms with Gasteiger partial charge >= 0.3 is 0 Å². The lowest BCUT2D eigenvalue weighted by molar-refractivity contribution is 0.163. The fourth-order valence-electron chi connectivity index (χ4n) is 2.77. The molecule has 2 atom stereocenters. The molecule has 15 heavy (non-hydrogen) atoms. The third kappa shape index (κ3) is 3.76. The van der Waals surface area contributed by atoms with Gasteiger partial charge < -0.3 is 5.73 Å². The molecule has 0 amide bonds. The van der Waals surface area contributed by atoms with E-state index in [1.165, 1.54) is 38.8 Å². The summed E-state index contributed by atoms with van der Waals surface area (Å²) < 4.78 is 0. The standard InChI is InChI=1S/C13H28N2/c1-4-12-6-5-8-15(9-7-12)13(10-14)11(2)3/h11-13H,4-10,14H2,1-3H3. The molecule has 0 aliphatic carbocycles. The first-order valence-electron chi connectivity index (χ1n) is 6.63.